The third-order valence-corrected chi connectivity index (χ3v) is 6.37. The van der Waals surface area contributed by atoms with Crippen molar-refractivity contribution in [2.75, 3.05) is 19.6 Å². The molecule has 0 radical (unpaired) electrons. The van der Waals surface area contributed by atoms with E-state index in [9.17, 15) is 4.79 Å². The quantitative estimate of drug-likeness (QED) is 0.508. The molecule has 1 fully saturated rings. The number of fused-ring (bicyclic) bond motifs is 2. The molecule has 2 aliphatic heterocycles. The van der Waals surface area contributed by atoms with E-state index in [-0.39, 0.29) is 5.92 Å². The number of carboxylic acid groups (broad SMARTS) is 2. The van der Waals surface area contributed by atoms with E-state index in [4.69, 9.17) is 19.8 Å². The number of benzene rings is 2. The zero-order valence-corrected chi connectivity index (χ0v) is 18.8. The van der Waals surface area contributed by atoms with Gasteiger partial charge in [-0.05, 0) is 55.6 Å². The van der Waals surface area contributed by atoms with Gasteiger partial charge in [0.05, 0.1) is 17.6 Å². The number of carbonyl (C=O) groups is 3. The van der Waals surface area contributed by atoms with Gasteiger partial charge >= 0.3 is 11.9 Å². The molecule has 3 aromatic rings. The summed E-state index contributed by atoms with van der Waals surface area (Å²) < 4.78 is 0. The normalized spacial score (nSPS) is 16.4. The first-order valence-electron chi connectivity index (χ1n) is 11.4. The van der Waals surface area contributed by atoms with Gasteiger partial charge in [-0.25, -0.2) is 14.6 Å². The maximum atomic E-state index is 13.0. The van der Waals surface area contributed by atoms with Crippen molar-refractivity contribution in [2.24, 2.45) is 5.92 Å². The topological polar surface area (TPSA) is 127 Å². The Bertz CT molecular complexity index is 1140. The van der Waals surface area contributed by atoms with Crippen molar-refractivity contribution in [3.63, 3.8) is 0 Å². The summed E-state index contributed by atoms with van der Waals surface area (Å²) >= 11 is 0. The molecule has 0 bridgehead atoms. The molecule has 0 spiro atoms. The highest BCUT2D eigenvalue weighted by atomic mass is 16.4. The summed E-state index contributed by atoms with van der Waals surface area (Å²) in [6.45, 7) is 4.37. The number of amides is 1. The molecule has 0 saturated carbocycles. The second-order valence-electron chi connectivity index (χ2n) is 8.64. The smallest absolute Gasteiger partial charge is 0.414 e. The molecular weight excluding hydrogens is 436 g/mol. The lowest BCUT2D eigenvalue weighted by Crippen LogP contribution is -2.44. The SMILES string of the molecule is O=C(C1CCN(Cc2nc3ccccc3[nH]2)CC1)N1CCc2ccccc2C1.O=C(O)C(=O)O. The van der Waals surface area contributed by atoms with Crippen molar-refractivity contribution < 1.29 is 24.6 Å². The Morgan fingerprint density at radius 2 is 1.56 bits per heavy atom. The number of carboxylic acids is 2. The summed E-state index contributed by atoms with van der Waals surface area (Å²) in [7, 11) is 0. The van der Waals surface area contributed by atoms with Gasteiger partial charge in [-0.15, -0.1) is 0 Å². The van der Waals surface area contributed by atoms with Crippen molar-refractivity contribution in [2.45, 2.75) is 32.4 Å². The minimum Gasteiger partial charge on any atom is -0.473 e. The Hall–Kier alpha value is -3.72. The van der Waals surface area contributed by atoms with Crippen LogP contribution in [0, 0.1) is 5.92 Å². The van der Waals surface area contributed by atoms with Crippen LogP contribution >= 0.6 is 0 Å². The van der Waals surface area contributed by atoms with E-state index in [1.54, 1.807) is 0 Å². The minimum absolute atomic E-state index is 0.164. The van der Waals surface area contributed by atoms with E-state index in [1.165, 1.54) is 11.1 Å². The van der Waals surface area contributed by atoms with Crippen molar-refractivity contribution in [1.29, 1.82) is 0 Å². The van der Waals surface area contributed by atoms with Gasteiger partial charge < -0.3 is 20.1 Å². The second kappa shape index (κ2) is 10.5. The first-order chi connectivity index (χ1) is 16.4. The molecule has 2 aliphatic rings. The number of hydrogen-bond acceptors (Lipinski definition) is 5. The van der Waals surface area contributed by atoms with Gasteiger partial charge in [-0.1, -0.05) is 36.4 Å². The Labute approximate surface area is 197 Å². The number of hydrogen-bond donors (Lipinski definition) is 3. The molecular formula is C25H28N4O5. The lowest BCUT2D eigenvalue weighted by Gasteiger charge is -2.35. The third-order valence-electron chi connectivity index (χ3n) is 6.37. The van der Waals surface area contributed by atoms with E-state index in [0.717, 1.165) is 68.8 Å². The first-order valence-corrected chi connectivity index (χ1v) is 11.4. The van der Waals surface area contributed by atoms with Crippen LogP contribution in [0.3, 0.4) is 0 Å². The van der Waals surface area contributed by atoms with Gasteiger partial charge in [0.1, 0.15) is 5.82 Å². The van der Waals surface area contributed by atoms with Crippen LogP contribution in [-0.2, 0) is 33.9 Å². The molecule has 2 aromatic carbocycles. The van der Waals surface area contributed by atoms with Crippen molar-refractivity contribution >= 4 is 28.9 Å². The predicted molar refractivity (Wildman–Crippen MR) is 125 cm³/mol. The molecule has 9 nitrogen and oxygen atoms in total. The fourth-order valence-corrected chi connectivity index (χ4v) is 4.57. The lowest BCUT2D eigenvalue weighted by molar-refractivity contribution is -0.159. The summed E-state index contributed by atoms with van der Waals surface area (Å²) in [5.41, 5.74) is 4.82. The molecule has 0 atom stereocenters. The number of aliphatic carboxylic acids is 2. The van der Waals surface area contributed by atoms with Crippen LogP contribution in [0.4, 0.5) is 0 Å². The van der Waals surface area contributed by atoms with Crippen LogP contribution in [0.2, 0.25) is 0 Å². The summed E-state index contributed by atoms with van der Waals surface area (Å²) in [6, 6.07) is 16.7. The second-order valence-corrected chi connectivity index (χ2v) is 8.64. The zero-order chi connectivity index (χ0) is 24.1. The number of aromatic nitrogens is 2. The molecule has 1 aromatic heterocycles. The number of H-pyrrole nitrogens is 1. The van der Waals surface area contributed by atoms with Gasteiger partial charge in [0, 0.05) is 19.0 Å². The van der Waals surface area contributed by atoms with Crippen molar-refractivity contribution in [1.82, 2.24) is 19.8 Å². The Morgan fingerprint density at radius 1 is 0.912 bits per heavy atom. The number of carbonyl (C=O) groups excluding carboxylic acids is 1. The maximum Gasteiger partial charge on any atom is 0.414 e. The molecule has 0 aliphatic carbocycles. The van der Waals surface area contributed by atoms with E-state index < -0.39 is 11.9 Å². The van der Waals surface area contributed by atoms with Gasteiger partial charge in [0.25, 0.3) is 0 Å². The molecule has 1 amide bonds. The summed E-state index contributed by atoms with van der Waals surface area (Å²) in [5.74, 6) is -2.13. The highest BCUT2D eigenvalue weighted by molar-refractivity contribution is 6.27. The summed E-state index contributed by atoms with van der Waals surface area (Å²) in [6.07, 6.45) is 2.86. The van der Waals surface area contributed by atoms with Gasteiger partial charge in [-0.3, -0.25) is 9.69 Å². The molecule has 3 heterocycles. The summed E-state index contributed by atoms with van der Waals surface area (Å²) in [4.78, 5) is 43.8. The molecule has 9 heteroatoms. The van der Waals surface area contributed by atoms with E-state index >= 15 is 0 Å². The largest absolute Gasteiger partial charge is 0.473 e. The number of para-hydroxylation sites is 2. The van der Waals surface area contributed by atoms with E-state index in [0.29, 0.717) is 5.91 Å². The zero-order valence-electron chi connectivity index (χ0n) is 18.8. The molecule has 178 valence electrons. The predicted octanol–water partition coefficient (Wildman–Crippen LogP) is 2.52. The molecule has 5 rings (SSSR count). The fourth-order valence-electron chi connectivity index (χ4n) is 4.57. The fraction of sp³-hybridized carbons (Fsp3) is 0.360. The van der Waals surface area contributed by atoms with E-state index in [1.807, 2.05) is 18.2 Å². The molecule has 34 heavy (non-hydrogen) atoms. The number of imidazole rings is 1. The van der Waals surface area contributed by atoms with Crippen LogP contribution in [0.1, 0.15) is 29.8 Å². The molecule has 1 saturated heterocycles. The maximum absolute atomic E-state index is 13.0. The first kappa shape index (κ1) is 23.4. The monoisotopic (exact) mass is 464 g/mol. The average molecular weight is 465 g/mol. The summed E-state index contributed by atoms with van der Waals surface area (Å²) in [5, 5.41) is 14.8. The Morgan fingerprint density at radius 3 is 2.24 bits per heavy atom. The van der Waals surface area contributed by atoms with Crippen molar-refractivity contribution in [3.05, 3.63) is 65.5 Å². The number of aromatic amines is 1. The standard InChI is InChI=1S/C23H26N4O.C2H2O4/c28-23(27-14-11-17-5-1-2-6-19(17)15-27)18-9-12-26(13-10-18)16-22-24-20-7-3-4-8-21(20)25-22;3-1(4)2(5)6/h1-8,18H,9-16H2,(H,24,25);(H,3,4)(H,5,6). The van der Waals surface area contributed by atoms with Gasteiger partial charge in [0.2, 0.25) is 5.91 Å². The number of likely N-dealkylation sites (tertiary alicyclic amines) is 1. The van der Waals surface area contributed by atoms with Crippen LogP contribution in [0.25, 0.3) is 11.0 Å². The highest BCUT2D eigenvalue weighted by Crippen LogP contribution is 2.25. The van der Waals surface area contributed by atoms with Crippen LogP contribution in [-0.4, -0.2) is 67.5 Å². The number of nitrogens with one attached hydrogen (secondary N) is 1. The average Bonchev–Trinajstić information content (AvgIpc) is 3.26. The lowest BCUT2D eigenvalue weighted by atomic mass is 9.93. The van der Waals surface area contributed by atoms with Crippen molar-refractivity contribution in [3.8, 4) is 0 Å². The van der Waals surface area contributed by atoms with Crippen LogP contribution in [0.15, 0.2) is 48.5 Å². The number of nitrogens with zero attached hydrogens (tertiary/aromatic N) is 3. The van der Waals surface area contributed by atoms with E-state index in [2.05, 4.69) is 50.1 Å². The van der Waals surface area contributed by atoms with Gasteiger partial charge in [-0.2, -0.15) is 0 Å². The number of rotatable bonds is 3. The highest BCUT2D eigenvalue weighted by Gasteiger charge is 2.30. The molecule has 0 unspecified atom stereocenters. The Kier molecular flexibility index (Phi) is 7.22. The Balaban J connectivity index is 0.000000408. The minimum atomic E-state index is -1.82. The van der Waals surface area contributed by atoms with Gasteiger partial charge in [0.15, 0.2) is 0 Å². The van der Waals surface area contributed by atoms with Crippen LogP contribution in [0.5, 0.6) is 0 Å². The molecule has 3 N–H and O–H groups in total. The van der Waals surface area contributed by atoms with Crippen LogP contribution < -0.4 is 0 Å². The number of piperidine rings is 1. The third kappa shape index (κ3) is 5.60.